The van der Waals surface area contributed by atoms with Crippen molar-refractivity contribution < 1.29 is 14.0 Å². The van der Waals surface area contributed by atoms with Gasteiger partial charge in [0.15, 0.2) is 5.76 Å². The van der Waals surface area contributed by atoms with Crippen LogP contribution in [0.1, 0.15) is 58.2 Å². The molecule has 2 heterocycles. The smallest absolute Gasteiger partial charge is 0.289 e. The van der Waals surface area contributed by atoms with Crippen LogP contribution in [0.3, 0.4) is 0 Å². The largest absolute Gasteiger partial charge is 0.459 e. The number of furan rings is 1. The first-order valence-corrected chi connectivity index (χ1v) is 9.20. The van der Waals surface area contributed by atoms with E-state index in [1.165, 1.54) is 11.8 Å². The molecule has 5 heteroatoms. The molecule has 0 aliphatic carbocycles. The minimum absolute atomic E-state index is 0.0531. The van der Waals surface area contributed by atoms with Crippen molar-refractivity contribution in [3.05, 3.63) is 59.0 Å². The van der Waals surface area contributed by atoms with Crippen LogP contribution < -0.4 is 0 Å². The highest BCUT2D eigenvalue weighted by molar-refractivity contribution is 5.96. The van der Waals surface area contributed by atoms with Crippen molar-refractivity contribution in [2.75, 3.05) is 26.2 Å². The van der Waals surface area contributed by atoms with Crippen LogP contribution in [-0.4, -0.2) is 47.8 Å². The third-order valence-corrected chi connectivity index (χ3v) is 4.96. The Morgan fingerprint density at radius 1 is 1.00 bits per heavy atom. The summed E-state index contributed by atoms with van der Waals surface area (Å²) in [5, 5.41) is 0. The van der Waals surface area contributed by atoms with Gasteiger partial charge in [-0.25, -0.2) is 0 Å². The second-order valence-corrected chi connectivity index (χ2v) is 7.14. The fourth-order valence-electron chi connectivity index (χ4n) is 3.28. The number of rotatable bonds is 3. The molecule has 0 unspecified atom stereocenters. The standard InChI is InChI=1S/C21H26N2O3/c1-15(2)17-8-7-16(3)18(14-17)20(24)22-9-5-10-23(12-11-22)21(25)19-6-4-13-26-19/h4,6-8,13-15H,5,9-12H2,1-3H3. The van der Waals surface area contributed by atoms with Gasteiger partial charge in [0.1, 0.15) is 0 Å². The molecule has 0 atom stereocenters. The van der Waals surface area contributed by atoms with Gasteiger partial charge in [0.25, 0.3) is 11.8 Å². The SMILES string of the molecule is Cc1ccc(C(C)C)cc1C(=O)N1CCCN(C(=O)c2ccco2)CC1. The molecule has 2 aromatic rings. The maximum Gasteiger partial charge on any atom is 0.289 e. The van der Waals surface area contributed by atoms with Gasteiger partial charge in [-0.2, -0.15) is 0 Å². The Balaban J connectivity index is 1.72. The average Bonchev–Trinajstić information content (AvgIpc) is 3.05. The summed E-state index contributed by atoms with van der Waals surface area (Å²) < 4.78 is 5.21. The van der Waals surface area contributed by atoms with Crippen LogP contribution in [0.2, 0.25) is 0 Å². The fraction of sp³-hybridized carbons (Fsp3) is 0.429. The number of aryl methyl sites for hydroxylation is 1. The van der Waals surface area contributed by atoms with E-state index in [1.807, 2.05) is 24.0 Å². The molecule has 1 saturated heterocycles. The van der Waals surface area contributed by atoms with Gasteiger partial charge < -0.3 is 14.2 Å². The molecule has 1 aromatic carbocycles. The lowest BCUT2D eigenvalue weighted by Crippen LogP contribution is -2.37. The maximum atomic E-state index is 13.1. The van der Waals surface area contributed by atoms with Gasteiger partial charge in [-0.3, -0.25) is 9.59 Å². The summed E-state index contributed by atoms with van der Waals surface area (Å²) in [5.74, 6) is 0.678. The Bertz CT molecular complexity index is 781. The Hall–Kier alpha value is -2.56. The molecule has 1 aliphatic rings. The van der Waals surface area contributed by atoms with E-state index in [0.717, 1.165) is 17.5 Å². The predicted octanol–water partition coefficient (Wildman–Crippen LogP) is 3.70. The number of hydrogen-bond donors (Lipinski definition) is 0. The Morgan fingerprint density at radius 2 is 1.69 bits per heavy atom. The van der Waals surface area contributed by atoms with Crippen molar-refractivity contribution in [1.82, 2.24) is 9.80 Å². The lowest BCUT2D eigenvalue weighted by atomic mass is 9.97. The van der Waals surface area contributed by atoms with Crippen LogP contribution in [0.25, 0.3) is 0 Å². The maximum absolute atomic E-state index is 13.1. The lowest BCUT2D eigenvalue weighted by molar-refractivity contribution is 0.0700. The molecule has 2 amide bonds. The quantitative estimate of drug-likeness (QED) is 0.844. The minimum Gasteiger partial charge on any atom is -0.459 e. The highest BCUT2D eigenvalue weighted by Gasteiger charge is 2.25. The third-order valence-electron chi connectivity index (χ3n) is 4.96. The first-order chi connectivity index (χ1) is 12.5. The van der Waals surface area contributed by atoms with E-state index >= 15 is 0 Å². The molecular formula is C21H26N2O3. The van der Waals surface area contributed by atoms with Crippen molar-refractivity contribution in [2.45, 2.75) is 33.1 Å². The minimum atomic E-state index is -0.109. The molecule has 1 fully saturated rings. The summed E-state index contributed by atoms with van der Waals surface area (Å²) in [6.07, 6.45) is 2.27. The van der Waals surface area contributed by atoms with Crippen molar-refractivity contribution in [1.29, 1.82) is 0 Å². The predicted molar refractivity (Wildman–Crippen MR) is 100 cm³/mol. The monoisotopic (exact) mass is 354 g/mol. The normalized spacial score (nSPS) is 15.2. The van der Waals surface area contributed by atoms with Crippen LogP contribution in [0.4, 0.5) is 0 Å². The fourth-order valence-corrected chi connectivity index (χ4v) is 3.28. The van der Waals surface area contributed by atoms with E-state index in [0.29, 0.717) is 37.9 Å². The molecule has 138 valence electrons. The van der Waals surface area contributed by atoms with Gasteiger partial charge >= 0.3 is 0 Å². The van der Waals surface area contributed by atoms with Crippen LogP contribution in [0.5, 0.6) is 0 Å². The number of benzene rings is 1. The van der Waals surface area contributed by atoms with E-state index in [9.17, 15) is 9.59 Å². The second kappa shape index (κ2) is 7.77. The van der Waals surface area contributed by atoms with E-state index in [-0.39, 0.29) is 11.8 Å². The summed E-state index contributed by atoms with van der Waals surface area (Å²) >= 11 is 0. The summed E-state index contributed by atoms with van der Waals surface area (Å²) in [7, 11) is 0. The van der Waals surface area contributed by atoms with E-state index in [1.54, 1.807) is 17.0 Å². The summed E-state index contributed by atoms with van der Waals surface area (Å²) in [6.45, 7) is 8.58. The Labute approximate surface area is 154 Å². The molecule has 1 aliphatic heterocycles. The summed E-state index contributed by atoms with van der Waals surface area (Å²) in [5.41, 5.74) is 2.93. The number of nitrogens with zero attached hydrogens (tertiary/aromatic N) is 2. The molecule has 0 bridgehead atoms. The van der Waals surface area contributed by atoms with Gasteiger partial charge in [-0.1, -0.05) is 26.0 Å². The first kappa shape index (κ1) is 18.2. The molecule has 26 heavy (non-hydrogen) atoms. The Kier molecular flexibility index (Phi) is 5.45. The zero-order chi connectivity index (χ0) is 18.7. The van der Waals surface area contributed by atoms with E-state index in [4.69, 9.17) is 4.42 Å². The highest BCUT2D eigenvalue weighted by Crippen LogP contribution is 2.21. The van der Waals surface area contributed by atoms with Gasteiger partial charge in [0.2, 0.25) is 0 Å². The van der Waals surface area contributed by atoms with Crippen molar-refractivity contribution >= 4 is 11.8 Å². The van der Waals surface area contributed by atoms with Gasteiger partial charge in [-0.15, -0.1) is 0 Å². The van der Waals surface area contributed by atoms with Crippen molar-refractivity contribution in [2.24, 2.45) is 0 Å². The number of hydrogen-bond acceptors (Lipinski definition) is 3. The van der Waals surface area contributed by atoms with Crippen molar-refractivity contribution in [3.8, 4) is 0 Å². The van der Waals surface area contributed by atoms with Crippen LogP contribution in [0.15, 0.2) is 41.0 Å². The molecule has 0 saturated carbocycles. The van der Waals surface area contributed by atoms with Crippen molar-refractivity contribution in [3.63, 3.8) is 0 Å². The van der Waals surface area contributed by atoms with Crippen LogP contribution in [-0.2, 0) is 0 Å². The average molecular weight is 354 g/mol. The zero-order valence-corrected chi connectivity index (χ0v) is 15.7. The summed E-state index contributed by atoms with van der Waals surface area (Å²) in [6, 6.07) is 9.51. The highest BCUT2D eigenvalue weighted by atomic mass is 16.3. The second-order valence-electron chi connectivity index (χ2n) is 7.14. The molecule has 5 nitrogen and oxygen atoms in total. The van der Waals surface area contributed by atoms with Crippen LogP contribution in [0, 0.1) is 6.92 Å². The number of carbonyl (C=O) groups excluding carboxylic acids is 2. The molecule has 0 N–H and O–H groups in total. The molecule has 1 aromatic heterocycles. The third kappa shape index (κ3) is 3.82. The lowest BCUT2D eigenvalue weighted by Gasteiger charge is -2.23. The molecule has 0 spiro atoms. The molecule has 0 radical (unpaired) electrons. The Morgan fingerprint density at radius 3 is 2.31 bits per heavy atom. The summed E-state index contributed by atoms with van der Waals surface area (Å²) in [4.78, 5) is 29.2. The first-order valence-electron chi connectivity index (χ1n) is 9.20. The molecular weight excluding hydrogens is 328 g/mol. The van der Waals surface area contributed by atoms with Gasteiger partial charge in [0.05, 0.1) is 6.26 Å². The number of carbonyl (C=O) groups is 2. The van der Waals surface area contributed by atoms with E-state index in [2.05, 4.69) is 19.9 Å². The topological polar surface area (TPSA) is 53.8 Å². The van der Waals surface area contributed by atoms with Gasteiger partial charge in [0, 0.05) is 31.7 Å². The number of amides is 2. The molecule has 3 rings (SSSR count). The van der Waals surface area contributed by atoms with Crippen LogP contribution >= 0.6 is 0 Å². The zero-order valence-electron chi connectivity index (χ0n) is 15.7. The van der Waals surface area contributed by atoms with E-state index < -0.39 is 0 Å². The van der Waals surface area contributed by atoms with Gasteiger partial charge in [-0.05, 0) is 48.6 Å².